The summed E-state index contributed by atoms with van der Waals surface area (Å²) >= 11 is 0. The van der Waals surface area contributed by atoms with Gasteiger partial charge in [0, 0.05) is 34.5 Å². The second-order valence-electron chi connectivity index (χ2n) is 12.7. The van der Waals surface area contributed by atoms with Crippen LogP contribution in [-0.4, -0.2) is 67.5 Å². The fourth-order valence-corrected chi connectivity index (χ4v) is 7.27. The standard InChI is InChI=1S/C37H29N9O14S3.4Na/c38-34-33-26(35(31(17-29(33)48)63(58,59)60)45-42-23-9-12-25(13-10-23)61(52,53)54)16-30(62(55,56)57)36(34)46-43-21-3-1-19(2-4-21)37(51)40-20-5-7-22(8-6-20)41-44-27-14-11-24(15-28(27)47)39-18-32(49)50;;;;/h1-17,39,47-48H,18,38H2,(H,40,51)(H,49,50)(H,52,53,54)(H,55,56,57)(H,58,59,60);;;;/q;4*+1/p-4. The molecule has 0 aliphatic heterocycles. The first-order chi connectivity index (χ1) is 29.6. The number of anilines is 3. The summed E-state index contributed by atoms with van der Waals surface area (Å²) in [5, 5.41) is 58.8. The Hall–Kier alpha value is -3.75. The van der Waals surface area contributed by atoms with Crippen molar-refractivity contribution in [3.63, 3.8) is 0 Å². The number of carbonyl (C=O) groups excluding carboxylic acids is 2. The summed E-state index contributed by atoms with van der Waals surface area (Å²) in [7, 11) is -15.9. The van der Waals surface area contributed by atoms with E-state index in [0.29, 0.717) is 29.2 Å². The molecule has 6 aromatic carbocycles. The molecule has 0 unspecified atom stereocenters. The molecular weight excluding hydrogens is 983 g/mol. The zero-order valence-electron chi connectivity index (χ0n) is 35.3. The molecule has 0 bridgehead atoms. The zero-order valence-corrected chi connectivity index (χ0v) is 45.8. The van der Waals surface area contributed by atoms with Gasteiger partial charge in [-0.1, -0.05) is 0 Å². The number of carboxylic acids is 1. The van der Waals surface area contributed by atoms with Gasteiger partial charge in [0.05, 0.1) is 55.3 Å². The van der Waals surface area contributed by atoms with Gasteiger partial charge in [0.25, 0.3) is 5.91 Å². The van der Waals surface area contributed by atoms with Crippen LogP contribution in [-0.2, 0) is 35.1 Å². The maximum atomic E-state index is 13.0. The van der Waals surface area contributed by atoms with Crippen molar-refractivity contribution in [3.05, 3.63) is 109 Å². The summed E-state index contributed by atoms with van der Waals surface area (Å²) in [6.45, 7) is -0.460. The third-order valence-electron chi connectivity index (χ3n) is 8.45. The molecule has 1 amide bonds. The molecule has 0 saturated carbocycles. The molecular formula is C37H25N9Na4O14S3. The minimum absolute atomic E-state index is 0. The predicted octanol–water partition coefficient (Wildman–Crippen LogP) is -6.78. The third-order valence-corrected chi connectivity index (χ3v) is 11.0. The molecule has 6 rings (SSSR count). The van der Waals surface area contributed by atoms with Gasteiger partial charge in [0.2, 0.25) is 0 Å². The molecule has 30 heteroatoms. The number of carboxylic acid groups (broad SMARTS) is 1. The van der Waals surface area contributed by atoms with E-state index >= 15 is 0 Å². The summed E-state index contributed by atoms with van der Waals surface area (Å²) in [5.74, 6) is -3.14. The van der Waals surface area contributed by atoms with E-state index in [9.17, 15) is 63.8 Å². The minimum Gasteiger partial charge on any atom is -0.744 e. The fourth-order valence-electron chi connectivity index (χ4n) is 5.51. The molecule has 0 radical (unpaired) electrons. The first kappa shape index (κ1) is 59.4. The van der Waals surface area contributed by atoms with Gasteiger partial charge in [-0.2, -0.15) is 15.3 Å². The first-order valence-electron chi connectivity index (χ1n) is 17.2. The maximum Gasteiger partial charge on any atom is 1.00 e. The second kappa shape index (κ2) is 24.7. The second-order valence-corrected chi connectivity index (χ2v) is 16.8. The molecule has 0 spiro atoms. The quantitative estimate of drug-likeness (QED) is 0.0293. The molecule has 0 fully saturated rings. The molecule has 0 aliphatic carbocycles. The van der Waals surface area contributed by atoms with Crippen LogP contribution in [0.2, 0.25) is 0 Å². The molecule has 6 aromatic rings. The Kier molecular flexibility index (Phi) is 21.9. The number of aliphatic carboxylic acids is 1. The van der Waals surface area contributed by atoms with Crippen molar-refractivity contribution in [3.8, 4) is 11.5 Å². The van der Waals surface area contributed by atoms with Crippen LogP contribution in [0.1, 0.15) is 10.4 Å². The van der Waals surface area contributed by atoms with Gasteiger partial charge in [-0.15, -0.1) is 15.3 Å². The molecule has 6 N–H and O–H groups in total. The number of carbonyl (C=O) groups is 2. The first-order valence-corrected chi connectivity index (χ1v) is 21.4. The topological polar surface area (TPSA) is 394 Å². The Bertz CT molecular complexity index is 3260. The Morgan fingerprint density at radius 1 is 0.567 bits per heavy atom. The normalized spacial score (nSPS) is 11.6. The third kappa shape index (κ3) is 15.4. The van der Waals surface area contributed by atoms with E-state index in [0.717, 1.165) is 24.3 Å². The van der Waals surface area contributed by atoms with E-state index in [1.165, 1.54) is 66.7 Å². The van der Waals surface area contributed by atoms with Gasteiger partial charge in [-0.3, -0.25) is 4.79 Å². The maximum absolute atomic E-state index is 13.0. The van der Waals surface area contributed by atoms with Crippen molar-refractivity contribution < 1.29 is 182 Å². The number of phenols is 2. The van der Waals surface area contributed by atoms with E-state index in [4.69, 9.17) is 5.73 Å². The van der Waals surface area contributed by atoms with Gasteiger partial charge in [0.1, 0.15) is 58.9 Å². The number of aromatic hydroxyl groups is 2. The van der Waals surface area contributed by atoms with Crippen LogP contribution in [0.4, 0.5) is 51.2 Å². The van der Waals surface area contributed by atoms with Gasteiger partial charge in [0.15, 0.2) is 0 Å². The largest absolute Gasteiger partial charge is 1.00 e. The Labute approximate surface area is 468 Å². The van der Waals surface area contributed by atoms with E-state index in [1.807, 2.05) is 0 Å². The number of hydrogen-bond acceptors (Lipinski definition) is 22. The number of fused-ring (bicyclic) bond motifs is 1. The molecule has 0 saturated heterocycles. The summed E-state index contributed by atoms with van der Waals surface area (Å²) in [5.41, 5.74) is 4.88. The number of nitrogen functional groups attached to an aromatic ring is 1. The average molecular weight is 1010 g/mol. The number of nitrogens with zero attached hydrogens (tertiary/aromatic N) is 6. The van der Waals surface area contributed by atoms with Crippen molar-refractivity contribution in [1.82, 2.24) is 0 Å². The van der Waals surface area contributed by atoms with Crippen LogP contribution in [0.5, 0.6) is 11.5 Å². The van der Waals surface area contributed by atoms with E-state index in [-0.39, 0.29) is 147 Å². The van der Waals surface area contributed by atoms with Crippen LogP contribution in [0, 0.1) is 0 Å². The van der Waals surface area contributed by atoms with Crippen molar-refractivity contribution in [2.24, 2.45) is 30.7 Å². The van der Waals surface area contributed by atoms with Gasteiger partial charge < -0.3 is 50.1 Å². The van der Waals surface area contributed by atoms with Crippen molar-refractivity contribution in [1.29, 1.82) is 0 Å². The van der Waals surface area contributed by atoms with E-state index in [1.54, 1.807) is 0 Å². The van der Waals surface area contributed by atoms with Gasteiger partial charge in [-0.05, 0) is 91.0 Å². The number of benzene rings is 6. The number of azo groups is 3. The van der Waals surface area contributed by atoms with Crippen LogP contribution in [0.25, 0.3) is 10.8 Å². The van der Waals surface area contributed by atoms with Crippen LogP contribution in [0.15, 0.2) is 149 Å². The number of nitrogens with two attached hydrogens (primary N) is 1. The van der Waals surface area contributed by atoms with Crippen LogP contribution in [0.3, 0.4) is 0 Å². The molecule has 0 aliphatic rings. The predicted molar refractivity (Wildman–Crippen MR) is 215 cm³/mol. The molecule has 23 nitrogen and oxygen atoms in total. The zero-order chi connectivity index (χ0) is 45.9. The number of amides is 1. The monoisotopic (exact) mass is 1010 g/mol. The van der Waals surface area contributed by atoms with Crippen LogP contribution < -0.4 is 140 Å². The summed E-state index contributed by atoms with van der Waals surface area (Å²) in [4.78, 5) is 20.6. The van der Waals surface area contributed by atoms with Crippen molar-refractivity contribution >= 4 is 104 Å². The Balaban J connectivity index is 0.00000385. The summed E-state index contributed by atoms with van der Waals surface area (Å²) in [6, 6.07) is 20.2. The fraction of sp³-hybridized carbons (Fsp3) is 0.0270. The summed E-state index contributed by atoms with van der Waals surface area (Å²) < 4.78 is 108. The minimum atomic E-state index is -5.53. The van der Waals surface area contributed by atoms with E-state index < -0.39 is 97.0 Å². The number of nitrogens with one attached hydrogen (secondary N) is 2. The smallest absolute Gasteiger partial charge is 0.744 e. The molecule has 0 atom stereocenters. The Morgan fingerprint density at radius 2 is 1.04 bits per heavy atom. The Morgan fingerprint density at radius 3 is 1.55 bits per heavy atom. The van der Waals surface area contributed by atoms with Gasteiger partial charge >= 0.3 is 118 Å². The van der Waals surface area contributed by atoms with E-state index in [2.05, 4.69) is 41.3 Å². The van der Waals surface area contributed by atoms with Crippen molar-refractivity contribution in [2.45, 2.75) is 14.7 Å². The summed E-state index contributed by atoms with van der Waals surface area (Å²) in [6.07, 6.45) is 0. The molecule has 324 valence electrons. The molecule has 0 heterocycles. The van der Waals surface area contributed by atoms with Gasteiger partial charge in [-0.25, -0.2) is 25.3 Å². The SMILES string of the molecule is Nc1c(N=Nc2ccc(C(=O)Nc3ccc(N=Nc4ccc(NCC(=O)[O-])cc4O)cc3)cc2)c(S(=O)(=O)[O-])cc2c(N=Nc3ccc(S(=O)(=O)[O-])cc3)c(S(=O)(=O)[O-])cc(O)c12.[Na+].[Na+].[Na+].[Na+]. The number of phenolic OH excluding ortho intramolecular Hbond substituents is 2. The van der Waals surface area contributed by atoms with Crippen molar-refractivity contribution in [2.75, 3.05) is 22.9 Å². The number of hydrogen-bond donors (Lipinski definition) is 5. The molecule has 0 aromatic heterocycles. The molecule has 67 heavy (non-hydrogen) atoms. The average Bonchev–Trinajstić information content (AvgIpc) is 3.21. The van der Waals surface area contributed by atoms with Crippen LogP contribution >= 0.6 is 0 Å². The number of rotatable bonds is 14.